The summed E-state index contributed by atoms with van der Waals surface area (Å²) in [6, 6.07) is 15.9. The van der Waals surface area contributed by atoms with Crippen molar-refractivity contribution in [3.63, 3.8) is 0 Å². The average molecular weight is 313 g/mol. The van der Waals surface area contributed by atoms with Gasteiger partial charge in [-0.05, 0) is 48.9 Å². The van der Waals surface area contributed by atoms with Crippen molar-refractivity contribution in [2.45, 2.75) is 13.0 Å². The molecule has 0 amide bonds. The number of methoxy groups -OCH3 is 1. The fraction of sp³-hybridized carbons (Fsp3) is 0.167. The highest BCUT2D eigenvalue weighted by Crippen LogP contribution is 2.28. The number of benzene rings is 2. The van der Waals surface area contributed by atoms with Crippen LogP contribution in [0, 0.1) is 0 Å². The number of nitrogens with zero attached hydrogens (tertiary/aromatic N) is 1. The minimum atomic E-state index is 0.162. The molecule has 4 heteroatoms. The smallest absolute Gasteiger partial charge is 0.118 e. The Bertz CT molecular complexity index is 787. The van der Waals surface area contributed by atoms with Gasteiger partial charge in [0.2, 0.25) is 0 Å². The van der Waals surface area contributed by atoms with Crippen LogP contribution in [-0.2, 0) is 0 Å². The Morgan fingerprint density at radius 3 is 2.59 bits per heavy atom. The van der Waals surface area contributed by atoms with Crippen molar-refractivity contribution in [1.29, 1.82) is 0 Å². The Hall–Kier alpha value is -2.26. The van der Waals surface area contributed by atoms with Gasteiger partial charge in [-0.2, -0.15) is 0 Å². The van der Waals surface area contributed by atoms with Crippen LogP contribution >= 0.6 is 11.6 Å². The highest BCUT2D eigenvalue weighted by Gasteiger charge is 2.08. The standard InChI is InChI=1S/C18H17ClN2O/c1-12(13-3-6-15(22-2)7-4-13)21-18-9-10-20-17-8-5-14(19)11-16(17)18/h3-12H,1-2H3,(H,20,21). The molecule has 1 atom stereocenters. The second kappa shape index (κ2) is 6.24. The average Bonchev–Trinajstić information content (AvgIpc) is 2.55. The van der Waals surface area contributed by atoms with Crippen LogP contribution in [0.1, 0.15) is 18.5 Å². The lowest BCUT2D eigenvalue weighted by molar-refractivity contribution is 0.414. The molecule has 0 saturated heterocycles. The quantitative estimate of drug-likeness (QED) is 0.730. The van der Waals surface area contributed by atoms with E-state index in [2.05, 4.69) is 29.4 Å². The molecule has 0 saturated carbocycles. The molecule has 3 nitrogen and oxygen atoms in total. The highest BCUT2D eigenvalue weighted by atomic mass is 35.5. The van der Waals surface area contributed by atoms with Gasteiger partial charge >= 0.3 is 0 Å². The van der Waals surface area contributed by atoms with E-state index in [9.17, 15) is 0 Å². The van der Waals surface area contributed by atoms with E-state index in [0.717, 1.165) is 22.3 Å². The van der Waals surface area contributed by atoms with Gasteiger partial charge in [-0.15, -0.1) is 0 Å². The molecular weight excluding hydrogens is 296 g/mol. The second-order valence-electron chi connectivity index (χ2n) is 5.16. The molecule has 1 heterocycles. The zero-order valence-corrected chi connectivity index (χ0v) is 13.3. The Morgan fingerprint density at radius 2 is 1.86 bits per heavy atom. The Balaban J connectivity index is 1.90. The van der Waals surface area contributed by atoms with E-state index < -0.39 is 0 Å². The van der Waals surface area contributed by atoms with Crippen molar-refractivity contribution in [1.82, 2.24) is 4.98 Å². The number of ether oxygens (including phenoxy) is 1. The minimum Gasteiger partial charge on any atom is -0.497 e. The molecule has 0 bridgehead atoms. The maximum atomic E-state index is 6.11. The van der Waals surface area contributed by atoms with Gasteiger partial charge < -0.3 is 10.1 Å². The lowest BCUT2D eigenvalue weighted by Crippen LogP contribution is -2.07. The first-order chi connectivity index (χ1) is 10.7. The van der Waals surface area contributed by atoms with E-state index in [1.807, 2.05) is 36.4 Å². The zero-order valence-electron chi connectivity index (χ0n) is 12.5. The van der Waals surface area contributed by atoms with Crippen molar-refractivity contribution in [3.8, 4) is 5.75 Å². The van der Waals surface area contributed by atoms with E-state index in [1.165, 1.54) is 5.56 Å². The Labute approximate surface area is 134 Å². The topological polar surface area (TPSA) is 34.1 Å². The van der Waals surface area contributed by atoms with Crippen LogP contribution in [0.4, 0.5) is 5.69 Å². The van der Waals surface area contributed by atoms with Crippen LogP contribution in [0.15, 0.2) is 54.7 Å². The third-order valence-corrected chi connectivity index (χ3v) is 3.93. The van der Waals surface area contributed by atoms with Crippen LogP contribution in [0.5, 0.6) is 5.75 Å². The molecule has 3 rings (SSSR count). The molecule has 2 aromatic carbocycles. The number of aromatic nitrogens is 1. The van der Waals surface area contributed by atoms with Crippen LogP contribution in [0.2, 0.25) is 5.02 Å². The van der Waals surface area contributed by atoms with Crippen molar-refractivity contribution >= 4 is 28.2 Å². The molecule has 0 aliphatic heterocycles. The summed E-state index contributed by atoms with van der Waals surface area (Å²) in [5.41, 5.74) is 3.14. The molecule has 1 unspecified atom stereocenters. The fourth-order valence-corrected chi connectivity index (χ4v) is 2.63. The second-order valence-corrected chi connectivity index (χ2v) is 5.60. The van der Waals surface area contributed by atoms with Gasteiger partial charge in [0.05, 0.1) is 12.6 Å². The van der Waals surface area contributed by atoms with E-state index in [0.29, 0.717) is 5.02 Å². The first-order valence-electron chi connectivity index (χ1n) is 7.12. The van der Waals surface area contributed by atoms with Gasteiger partial charge in [0, 0.05) is 28.3 Å². The molecule has 0 spiro atoms. The molecule has 112 valence electrons. The van der Waals surface area contributed by atoms with Crippen molar-refractivity contribution in [3.05, 3.63) is 65.3 Å². The number of rotatable bonds is 4. The monoisotopic (exact) mass is 312 g/mol. The number of halogens is 1. The van der Waals surface area contributed by atoms with Gasteiger partial charge in [-0.1, -0.05) is 23.7 Å². The summed E-state index contributed by atoms with van der Waals surface area (Å²) in [6.45, 7) is 2.12. The summed E-state index contributed by atoms with van der Waals surface area (Å²) in [5.74, 6) is 0.858. The zero-order chi connectivity index (χ0) is 15.5. The lowest BCUT2D eigenvalue weighted by Gasteiger charge is -2.17. The lowest BCUT2D eigenvalue weighted by atomic mass is 10.1. The third kappa shape index (κ3) is 3.00. The van der Waals surface area contributed by atoms with Gasteiger partial charge in [-0.25, -0.2) is 0 Å². The summed E-state index contributed by atoms with van der Waals surface area (Å²) < 4.78 is 5.19. The maximum Gasteiger partial charge on any atom is 0.118 e. The summed E-state index contributed by atoms with van der Waals surface area (Å²) in [5, 5.41) is 5.26. The van der Waals surface area contributed by atoms with Crippen LogP contribution in [0.25, 0.3) is 10.9 Å². The first-order valence-corrected chi connectivity index (χ1v) is 7.50. The molecule has 0 radical (unpaired) electrons. The minimum absolute atomic E-state index is 0.162. The van der Waals surface area contributed by atoms with Crippen molar-refractivity contribution < 1.29 is 4.74 Å². The molecule has 3 aromatic rings. The van der Waals surface area contributed by atoms with Crippen LogP contribution in [0.3, 0.4) is 0 Å². The fourth-order valence-electron chi connectivity index (χ4n) is 2.45. The number of anilines is 1. The summed E-state index contributed by atoms with van der Waals surface area (Å²) >= 11 is 6.11. The molecule has 1 aromatic heterocycles. The SMILES string of the molecule is COc1ccc(C(C)Nc2ccnc3ccc(Cl)cc23)cc1. The van der Waals surface area contributed by atoms with E-state index >= 15 is 0 Å². The number of pyridine rings is 1. The highest BCUT2D eigenvalue weighted by molar-refractivity contribution is 6.31. The molecule has 0 fully saturated rings. The number of hydrogen-bond donors (Lipinski definition) is 1. The van der Waals surface area contributed by atoms with E-state index in [1.54, 1.807) is 13.3 Å². The van der Waals surface area contributed by atoms with E-state index in [4.69, 9.17) is 16.3 Å². The first kappa shape index (κ1) is 14.7. The number of fused-ring (bicyclic) bond motifs is 1. The van der Waals surface area contributed by atoms with Crippen molar-refractivity contribution in [2.24, 2.45) is 0 Å². The molecule has 0 aliphatic rings. The normalized spacial score (nSPS) is 12.1. The molecular formula is C18H17ClN2O. The predicted molar refractivity (Wildman–Crippen MR) is 91.8 cm³/mol. The van der Waals surface area contributed by atoms with Crippen LogP contribution < -0.4 is 10.1 Å². The number of hydrogen-bond acceptors (Lipinski definition) is 3. The summed E-state index contributed by atoms with van der Waals surface area (Å²) in [7, 11) is 1.67. The maximum absolute atomic E-state index is 6.11. The van der Waals surface area contributed by atoms with Gasteiger partial charge in [0.1, 0.15) is 5.75 Å². The Morgan fingerprint density at radius 1 is 1.09 bits per heavy atom. The van der Waals surface area contributed by atoms with Gasteiger partial charge in [-0.3, -0.25) is 4.98 Å². The third-order valence-electron chi connectivity index (χ3n) is 3.69. The molecule has 22 heavy (non-hydrogen) atoms. The summed E-state index contributed by atoms with van der Waals surface area (Å²) in [4.78, 5) is 4.37. The summed E-state index contributed by atoms with van der Waals surface area (Å²) in [6.07, 6.45) is 1.80. The van der Waals surface area contributed by atoms with Gasteiger partial charge in [0.15, 0.2) is 0 Å². The number of nitrogens with one attached hydrogen (secondary N) is 1. The van der Waals surface area contributed by atoms with Crippen molar-refractivity contribution in [2.75, 3.05) is 12.4 Å². The molecule has 1 N–H and O–H groups in total. The van der Waals surface area contributed by atoms with Gasteiger partial charge in [0.25, 0.3) is 0 Å². The Kier molecular flexibility index (Phi) is 4.16. The molecule has 0 aliphatic carbocycles. The largest absolute Gasteiger partial charge is 0.497 e. The van der Waals surface area contributed by atoms with E-state index in [-0.39, 0.29) is 6.04 Å². The van der Waals surface area contributed by atoms with Crippen LogP contribution in [-0.4, -0.2) is 12.1 Å². The predicted octanol–water partition coefficient (Wildman–Crippen LogP) is 5.07.